The molecule has 8 rings (SSSR count). The van der Waals surface area contributed by atoms with Crippen molar-refractivity contribution < 1.29 is 0 Å². The molecule has 178 valence electrons. The molecule has 2 aromatic heterocycles. The second kappa shape index (κ2) is 8.22. The number of hydrogen-bond donors (Lipinski definition) is 1. The molecule has 0 saturated heterocycles. The van der Waals surface area contributed by atoms with Gasteiger partial charge in [-0.1, -0.05) is 121 Å². The minimum atomic E-state index is 1.16. The summed E-state index contributed by atoms with van der Waals surface area (Å²) in [5.41, 5.74) is 10.8. The summed E-state index contributed by atoms with van der Waals surface area (Å²) in [4.78, 5) is 3.76. The number of benzene rings is 6. The number of rotatable bonds is 3. The summed E-state index contributed by atoms with van der Waals surface area (Å²) >= 11 is 0. The maximum atomic E-state index is 3.76. The lowest BCUT2D eigenvalue weighted by atomic mass is 9.99. The van der Waals surface area contributed by atoms with Crippen LogP contribution >= 0.6 is 0 Å². The molecule has 0 fully saturated rings. The van der Waals surface area contributed by atoms with Gasteiger partial charge in [-0.2, -0.15) is 0 Å². The molecule has 0 unspecified atom stereocenters. The number of aromatic amines is 1. The smallest absolute Gasteiger partial charge is 0.0783 e. The molecule has 0 bridgehead atoms. The van der Waals surface area contributed by atoms with Crippen molar-refractivity contribution in [3.63, 3.8) is 0 Å². The van der Waals surface area contributed by atoms with Crippen molar-refractivity contribution in [2.45, 2.75) is 0 Å². The van der Waals surface area contributed by atoms with E-state index in [4.69, 9.17) is 0 Å². The van der Waals surface area contributed by atoms with Crippen LogP contribution in [-0.2, 0) is 0 Å². The van der Waals surface area contributed by atoms with E-state index in [1.165, 1.54) is 66.0 Å². The molecular formula is C36H24N2. The minimum Gasteiger partial charge on any atom is -0.353 e. The second-order valence-electron chi connectivity index (χ2n) is 9.87. The summed E-state index contributed by atoms with van der Waals surface area (Å²) in [6.45, 7) is 0. The summed E-state index contributed by atoms with van der Waals surface area (Å²) in [6, 6.07) is 50.1. The van der Waals surface area contributed by atoms with Gasteiger partial charge in [0.25, 0.3) is 0 Å². The Morgan fingerprint density at radius 3 is 1.92 bits per heavy atom. The molecule has 0 aliphatic rings. The standard InChI is InChI=1S/C36H24N2/c1-2-10-24(11-3-1)25-18-20-26(21-19-25)27-12-5-8-16-33(27)38-34-17-9-6-14-29(34)31-23-22-30-28-13-4-7-15-32(28)37-35(30)36(31)38/h1-23,37H. The Labute approximate surface area is 220 Å². The lowest BCUT2D eigenvalue weighted by molar-refractivity contribution is 1.18. The average Bonchev–Trinajstić information content (AvgIpc) is 3.54. The third-order valence-electron chi connectivity index (χ3n) is 7.76. The van der Waals surface area contributed by atoms with E-state index in [2.05, 4.69) is 149 Å². The van der Waals surface area contributed by atoms with Crippen LogP contribution in [0.25, 0.3) is 71.6 Å². The van der Waals surface area contributed by atoms with Crippen LogP contribution in [0.3, 0.4) is 0 Å². The predicted octanol–water partition coefficient (Wildman–Crippen LogP) is 9.75. The van der Waals surface area contributed by atoms with Crippen molar-refractivity contribution in [3.05, 3.63) is 140 Å². The second-order valence-corrected chi connectivity index (χ2v) is 9.87. The van der Waals surface area contributed by atoms with E-state index in [0.717, 1.165) is 5.52 Å². The molecule has 6 aromatic carbocycles. The van der Waals surface area contributed by atoms with Crippen LogP contribution in [0, 0.1) is 0 Å². The van der Waals surface area contributed by atoms with Crippen LogP contribution < -0.4 is 0 Å². The highest BCUT2D eigenvalue weighted by molar-refractivity contribution is 6.22. The summed E-state index contributed by atoms with van der Waals surface area (Å²) in [7, 11) is 0. The number of nitrogens with one attached hydrogen (secondary N) is 1. The molecule has 0 saturated carbocycles. The van der Waals surface area contributed by atoms with Gasteiger partial charge in [-0.25, -0.2) is 0 Å². The van der Waals surface area contributed by atoms with Gasteiger partial charge < -0.3 is 9.55 Å². The molecule has 0 amide bonds. The summed E-state index contributed by atoms with van der Waals surface area (Å²) < 4.78 is 2.45. The van der Waals surface area contributed by atoms with Crippen LogP contribution in [0.4, 0.5) is 0 Å². The van der Waals surface area contributed by atoms with Gasteiger partial charge in [0, 0.05) is 32.6 Å². The van der Waals surface area contributed by atoms with E-state index in [0.29, 0.717) is 0 Å². The molecular weight excluding hydrogens is 460 g/mol. The fraction of sp³-hybridized carbons (Fsp3) is 0. The van der Waals surface area contributed by atoms with E-state index in [1.807, 2.05) is 0 Å². The van der Waals surface area contributed by atoms with E-state index >= 15 is 0 Å². The number of aromatic nitrogens is 2. The molecule has 2 heterocycles. The fourth-order valence-corrected chi connectivity index (χ4v) is 6.01. The van der Waals surface area contributed by atoms with Gasteiger partial charge in [-0.05, 0) is 34.9 Å². The Morgan fingerprint density at radius 1 is 0.421 bits per heavy atom. The summed E-state index contributed by atoms with van der Waals surface area (Å²) in [5, 5.41) is 5.03. The first-order chi connectivity index (χ1) is 18.9. The maximum Gasteiger partial charge on any atom is 0.0783 e. The molecule has 0 spiro atoms. The van der Waals surface area contributed by atoms with Crippen molar-refractivity contribution in [1.29, 1.82) is 0 Å². The van der Waals surface area contributed by atoms with Crippen molar-refractivity contribution >= 4 is 43.6 Å². The number of fused-ring (bicyclic) bond motifs is 7. The number of nitrogens with zero attached hydrogens (tertiary/aromatic N) is 1. The monoisotopic (exact) mass is 484 g/mol. The van der Waals surface area contributed by atoms with Gasteiger partial charge in [-0.15, -0.1) is 0 Å². The zero-order valence-corrected chi connectivity index (χ0v) is 20.7. The Hall–Kier alpha value is -5.08. The number of para-hydroxylation sites is 3. The Morgan fingerprint density at radius 2 is 1.05 bits per heavy atom. The van der Waals surface area contributed by atoms with Crippen molar-refractivity contribution in [2.24, 2.45) is 0 Å². The van der Waals surface area contributed by atoms with Crippen molar-refractivity contribution in [1.82, 2.24) is 9.55 Å². The molecule has 1 N–H and O–H groups in total. The molecule has 0 radical (unpaired) electrons. The largest absolute Gasteiger partial charge is 0.353 e. The van der Waals surface area contributed by atoms with Crippen LogP contribution in [0.5, 0.6) is 0 Å². The van der Waals surface area contributed by atoms with Gasteiger partial charge in [0.1, 0.15) is 0 Å². The molecule has 2 nitrogen and oxygen atoms in total. The van der Waals surface area contributed by atoms with Crippen LogP contribution in [0.15, 0.2) is 140 Å². The van der Waals surface area contributed by atoms with Gasteiger partial charge in [0.05, 0.1) is 22.2 Å². The van der Waals surface area contributed by atoms with Crippen LogP contribution in [0.2, 0.25) is 0 Å². The Bertz CT molecular complexity index is 2110. The highest BCUT2D eigenvalue weighted by atomic mass is 15.0. The molecule has 0 aliphatic heterocycles. The van der Waals surface area contributed by atoms with Gasteiger partial charge in [-0.3, -0.25) is 0 Å². The molecule has 2 heteroatoms. The van der Waals surface area contributed by atoms with E-state index < -0.39 is 0 Å². The van der Waals surface area contributed by atoms with Gasteiger partial charge in [0.15, 0.2) is 0 Å². The zero-order chi connectivity index (χ0) is 25.1. The SMILES string of the molecule is c1ccc(-c2ccc(-c3ccccc3-n3c4ccccc4c4ccc5c6ccccc6[nH]c5c43)cc2)cc1. The average molecular weight is 485 g/mol. The minimum absolute atomic E-state index is 1.16. The Balaban J connectivity index is 1.42. The first-order valence-electron chi connectivity index (χ1n) is 13.0. The third-order valence-corrected chi connectivity index (χ3v) is 7.76. The first kappa shape index (κ1) is 21.0. The lowest BCUT2D eigenvalue weighted by Crippen LogP contribution is -1.97. The number of H-pyrrole nitrogens is 1. The normalized spacial score (nSPS) is 11.7. The van der Waals surface area contributed by atoms with Gasteiger partial charge in [0.2, 0.25) is 0 Å². The summed E-state index contributed by atoms with van der Waals surface area (Å²) in [6.07, 6.45) is 0. The van der Waals surface area contributed by atoms with E-state index in [1.54, 1.807) is 0 Å². The zero-order valence-electron chi connectivity index (χ0n) is 20.7. The highest BCUT2D eigenvalue weighted by Gasteiger charge is 2.19. The summed E-state index contributed by atoms with van der Waals surface area (Å²) in [5.74, 6) is 0. The molecule has 0 atom stereocenters. The topological polar surface area (TPSA) is 20.7 Å². The molecule has 38 heavy (non-hydrogen) atoms. The Kier molecular flexibility index (Phi) is 4.55. The fourth-order valence-electron chi connectivity index (χ4n) is 6.01. The highest BCUT2D eigenvalue weighted by Crippen LogP contribution is 2.40. The quantitative estimate of drug-likeness (QED) is 0.258. The van der Waals surface area contributed by atoms with Crippen LogP contribution in [0.1, 0.15) is 0 Å². The van der Waals surface area contributed by atoms with Crippen LogP contribution in [-0.4, -0.2) is 9.55 Å². The van der Waals surface area contributed by atoms with Crippen molar-refractivity contribution in [3.8, 4) is 27.9 Å². The number of hydrogen-bond acceptors (Lipinski definition) is 0. The van der Waals surface area contributed by atoms with Crippen molar-refractivity contribution in [2.75, 3.05) is 0 Å². The molecule has 0 aliphatic carbocycles. The first-order valence-corrected chi connectivity index (χ1v) is 13.0. The lowest BCUT2D eigenvalue weighted by Gasteiger charge is -2.15. The van der Waals surface area contributed by atoms with E-state index in [-0.39, 0.29) is 0 Å². The third kappa shape index (κ3) is 3.07. The van der Waals surface area contributed by atoms with E-state index in [9.17, 15) is 0 Å². The van der Waals surface area contributed by atoms with Gasteiger partial charge >= 0.3 is 0 Å². The maximum absolute atomic E-state index is 3.76. The predicted molar refractivity (Wildman–Crippen MR) is 161 cm³/mol. The molecule has 8 aromatic rings.